The Morgan fingerprint density at radius 3 is 2.44 bits per heavy atom. The molecule has 0 unspecified atom stereocenters. The Hall–Kier alpha value is -0.860. The molecule has 0 aliphatic rings. The first kappa shape index (κ1) is 8.14. The summed E-state index contributed by atoms with van der Waals surface area (Å²) in [5, 5.41) is 6.59. The lowest BCUT2D eigenvalue weighted by molar-refractivity contribution is 0.430. The van der Waals surface area contributed by atoms with Crippen LogP contribution in [0.1, 0.15) is 13.8 Å². The first-order valence-electron chi connectivity index (χ1n) is 2.92. The van der Waals surface area contributed by atoms with Crippen LogP contribution in [0.5, 0.6) is 0 Å². The number of nitrogens with one attached hydrogen (secondary N) is 1. The van der Waals surface area contributed by atoms with Gasteiger partial charge < -0.3 is 4.90 Å². The van der Waals surface area contributed by atoms with Gasteiger partial charge in [0.05, 0.1) is 6.34 Å². The average molecular weight is 127 g/mol. The van der Waals surface area contributed by atoms with E-state index in [2.05, 4.69) is 18.8 Å². The van der Waals surface area contributed by atoms with Crippen molar-refractivity contribution >= 4 is 12.7 Å². The largest absolute Gasteiger partial charge is 0.363 e. The van der Waals surface area contributed by atoms with Gasteiger partial charge in [-0.1, -0.05) is 0 Å². The molecule has 3 nitrogen and oxygen atoms in total. The van der Waals surface area contributed by atoms with Crippen LogP contribution < -0.4 is 0 Å². The van der Waals surface area contributed by atoms with Gasteiger partial charge in [0.25, 0.3) is 0 Å². The molecular weight excluding hydrogens is 114 g/mol. The van der Waals surface area contributed by atoms with Crippen LogP contribution in [0.4, 0.5) is 0 Å². The van der Waals surface area contributed by atoms with E-state index in [0.717, 1.165) is 6.34 Å². The Morgan fingerprint density at radius 1 is 1.56 bits per heavy atom. The predicted molar refractivity (Wildman–Crippen MR) is 40.2 cm³/mol. The number of aliphatic imine (C=N–C) groups is 1. The van der Waals surface area contributed by atoms with Gasteiger partial charge in [0.2, 0.25) is 0 Å². The van der Waals surface area contributed by atoms with Gasteiger partial charge in [-0.05, 0) is 13.8 Å². The lowest BCUT2D eigenvalue weighted by Crippen LogP contribution is -2.24. The van der Waals surface area contributed by atoms with Crippen LogP contribution in [0, 0.1) is 5.41 Å². The Labute approximate surface area is 55.9 Å². The molecule has 0 aromatic rings. The molecule has 0 spiro atoms. The van der Waals surface area contributed by atoms with E-state index in [0.29, 0.717) is 6.04 Å². The highest BCUT2D eigenvalue weighted by Crippen LogP contribution is 1.87. The van der Waals surface area contributed by atoms with Crippen molar-refractivity contribution in [3.8, 4) is 0 Å². The highest BCUT2D eigenvalue weighted by molar-refractivity contribution is 5.68. The summed E-state index contributed by atoms with van der Waals surface area (Å²) in [5.74, 6) is 0. The summed E-state index contributed by atoms with van der Waals surface area (Å²) in [6.45, 7) is 4.13. The van der Waals surface area contributed by atoms with E-state index in [1.54, 1.807) is 6.34 Å². The summed E-state index contributed by atoms with van der Waals surface area (Å²) >= 11 is 0. The minimum Gasteiger partial charge on any atom is -0.363 e. The predicted octanol–water partition coefficient (Wildman–Crippen LogP) is 0.962. The third-order valence-electron chi connectivity index (χ3n) is 1.14. The van der Waals surface area contributed by atoms with Gasteiger partial charge in [0.15, 0.2) is 0 Å². The molecular formula is C6H13N3. The molecule has 0 saturated carbocycles. The Balaban J connectivity index is 3.61. The lowest BCUT2D eigenvalue weighted by atomic mass is 10.4. The Kier molecular flexibility index (Phi) is 3.67. The average Bonchev–Trinajstić information content (AvgIpc) is 1.82. The molecule has 0 saturated heterocycles. The van der Waals surface area contributed by atoms with Crippen molar-refractivity contribution in [2.24, 2.45) is 4.99 Å². The molecule has 0 fully saturated rings. The minimum atomic E-state index is 0.452. The van der Waals surface area contributed by atoms with E-state index in [-0.39, 0.29) is 0 Å². The van der Waals surface area contributed by atoms with Crippen LogP contribution in [0.15, 0.2) is 4.99 Å². The van der Waals surface area contributed by atoms with E-state index < -0.39 is 0 Å². The molecule has 0 aliphatic heterocycles. The fraction of sp³-hybridized carbons (Fsp3) is 0.667. The van der Waals surface area contributed by atoms with E-state index in [9.17, 15) is 0 Å². The number of rotatable bonds is 3. The second-order valence-electron chi connectivity index (χ2n) is 2.15. The summed E-state index contributed by atoms with van der Waals surface area (Å²) in [5.41, 5.74) is 0. The maximum atomic E-state index is 6.59. The molecule has 0 atom stereocenters. The first-order chi connectivity index (χ1) is 4.18. The van der Waals surface area contributed by atoms with Gasteiger partial charge in [-0.2, -0.15) is 0 Å². The molecule has 1 N–H and O–H groups in total. The number of nitrogens with zero attached hydrogens (tertiary/aromatic N) is 2. The summed E-state index contributed by atoms with van der Waals surface area (Å²) in [6, 6.07) is 0.452. The molecule has 0 aromatic carbocycles. The smallest absolute Gasteiger partial charge is 0.108 e. The molecule has 0 amide bonds. The SMILES string of the molecule is CC(C)N(C)/C=N/C=N. The summed E-state index contributed by atoms with van der Waals surface area (Å²) in [4.78, 5) is 5.57. The zero-order valence-corrected chi connectivity index (χ0v) is 6.13. The second kappa shape index (κ2) is 4.06. The van der Waals surface area contributed by atoms with Gasteiger partial charge in [-0.15, -0.1) is 0 Å². The Morgan fingerprint density at radius 2 is 2.11 bits per heavy atom. The van der Waals surface area contributed by atoms with Crippen molar-refractivity contribution in [2.75, 3.05) is 7.05 Å². The molecule has 0 rings (SSSR count). The first-order valence-corrected chi connectivity index (χ1v) is 2.92. The second-order valence-corrected chi connectivity index (χ2v) is 2.15. The van der Waals surface area contributed by atoms with E-state index in [1.807, 2.05) is 11.9 Å². The third-order valence-corrected chi connectivity index (χ3v) is 1.14. The number of hydrogen-bond acceptors (Lipinski definition) is 1. The fourth-order valence-electron chi connectivity index (χ4n) is 0.272. The van der Waals surface area contributed by atoms with Crippen molar-refractivity contribution in [3.05, 3.63) is 0 Å². The van der Waals surface area contributed by atoms with Crippen LogP contribution in [0.3, 0.4) is 0 Å². The van der Waals surface area contributed by atoms with Crippen molar-refractivity contribution in [1.29, 1.82) is 5.41 Å². The lowest BCUT2D eigenvalue weighted by Gasteiger charge is -2.16. The highest BCUT2D eigenvalue weighted by atomic mass is 15.1. The maximum absolute atomic E-state index is 6.59. The molecule has 0 aliphatic carbocycles. The zero-order valence-electron chi connectivity index (χ0n) is 6.13. The Bertz CT molecular complexity index is 107. The molecule has 3 heteroatoms. The molecule has 0 aromatic heterocycles. The van der Waals surface area contributed by atoms with Gasteiger partial charge in [-0.25, -0.2) is 4.99 Å². The monoisotopic (exact) mass is 127 g/mol. The maximum Gasteiger partial charge on any atom is 0.108 e. The van der Waals surface area contributed by atoms with Crippen LogP contribution >= 0.6 is 0 Å². The standard InChI is InChI=1S/C6H13N3/c1-6(2)9(3)5-8-4-7/h4-7H,1-3H3/b7-4?,8-5+. The molecule has 0 bridgehead atoms. The van der Waals surface area contributed by atoms with Gasteiger partial charge in [0.1, 0.15) is 6.34 Å². The quantitative estimate of drug-likeness (QED) is 0.445. The molecule has 0 radical (unpaired) electrons. The summed E-state index contributed by atoms with van der Waals surface area (Å²) < 4.78 is 0. The number of hydrogen-bond donors (Lipinski definition) is 1. The van der Waals surface area contributed by atoms with Crippen LogP contribution in [0.2, 0.25) is 0 Å². The van der Waals surface area contributed by atoms with Crippen LogP contribution in [-0.2, 0) is 0 Å². The van der Waals surface area contributed by atoms with Gasteiger partial charge in [-0.3, -0.25) is 5.41 Å². The van der Waals surface area contributed by atoms with Crippen LogP contribution in [-0.4, -0.2) is 30.7 Å². The molecule has 9 heavy (non-hydrogen) atoms. The molecule has 0 heterocycles. The fourth-order valence-corrected chi connectivity index (χ4v) is 0.272. The summed E-state index contributed by atoms with van der Waals surface area (Å²) in [6.07, 6.45) is 2.66. The van der Waals surface area contributed by atoms with Crippen molar-refractivity contribution in [1.82, 2.24) is 4.90 Å². The van der Waals surface area contributed by atoms with Gasteiger partial charge >= 0.3 is 0 Å². The third kappa shape index (κ3) is 3.70. The summed E-state index contributed by atoms with van der Waals surface area (Å²) in [7, 11) is 1.93. The van der Waals surface area contributed by atoms with Crippen molar-refractivity contribution in [2.45, 2.75) is 19.9 Å². The van der Waals surface area contributed by atoms with E-state index >= 15 is 0 Å². The highest BCUT2D eigenvalue weighted by Gasteiger charge is 1.94. The van der Waals surface area contributed by atoms with Crippen LogP contribution in [0.25, 0.3) is 0 Å². The van der Waals surface area contributed by atoms with E-state index in [1.165, 1.54) is 0 Å². The van der Waals surface area contributed by atoms with Gasteiger partial charge in [0, 0.05) is 13.1 Å². The van der Waals surface area contributed by atoms with E-state index in [4.69, 9.17) is 5.41 Å². The van der Waals surface area contributed by atoms with Crippen molar-refractivity contribution < 1.29 is 0 Å². The zero-order chi connectivity index (χ0) is 7.28. The van der Waals surface area contributed by atoms with Crippen molar-refractivity contribution in [3.63, 3.8) is 0 Å². The minimum absolute atomic E-state index is 0.452. The normalized spacial score (nSPS) is 10.7. The topological polar surface area (TPSA) is 39.5 Å². The molecule has 52 valence electrons.